The highest BCUT2D eigenvalue weighted by Crippen LogP contribution is 2.33. The highest BCUT2D eigenvalue weighted by molar-refractivity contribution is 7.99. The number of halogens is 2. The van der Waals surface area contributed by atoms with Crippen molar-refractivity contribution >= 4 is 45.7 Å². The Morgan fingerprint density at radius 3 is 2.74 bits per heavy atom. The molecule has 2 aromatic carbocycles. The van der Waals surface area contributed by atoms with Gasteiger partial charge in [-0.25, -0.2) is 4.98 Å². The Hall–Kier alpha value is -2.98. The van der Waals surface area contributed by atoms with E-state index in [0.29, 0.717) is 34.2 Å². The fraction of sp³-hybridized carbons (Fsp3) is 0.190. The van der Waals surface area contributed by atoms with Crippen LogP contribution in [0.1, 0.15) is 21.7 Å². The third kappa shape index (κ3) is 5.02. The lowest BCUT2D eigenvalue weighted by Crippen LogP contribution is -2.14. The zero-order chi connectivity index (χ0) is 22.0. The molecule has 0 atom stereocenters. The van der Waals surface area contributed by atoms with Crippen molar-refractivity contribution in [3.8, 4) is 17.0 Å². The van der Waals surface area contributed by atoms with Crippen LogP contribution in [0.5, 0.6) is 5.75 Å². The van der Waals surface area contributed by atoms with E-state index < -0.39 is 6.61 Å². The van der Waals surface area contributed by atoms with Gasteiger partial charge < -0.3 is 10.1 Å². The number of aryl methyl sites for hydroxylation is 1. The number of carbonyl (C=O) groups is 2. The molecule has 6 nitrogen and oxygen atoms in total. The van der Waals surface area contributed by atoms with Crippen LogP contribution in [0.25, 0.3) is 11.3 Å². The van der Waals surface area contributed by atoms with Gasteiger partial charge in [0.1, 0.15) is 5.75 Å². The van der Waals surface area contributed by atoms with Crippen LogP contribution in [0.3, 0.4) is 0 Å². The highest BCUT2D eigenvalue weighted by atomic mass is 32.2. The summed E-state index contributed by atoms with van der Waals surface area (Å²) in [6.45, 7) is -1.02. The summed E-state index contributed by atoms with van der Waals surface area (Å²) in [5, 5.41) is 6.02. The third-order valence-corrected chi connectivity index (χ3v) is 6.43. The number of ether oxygens (including phenoxy) is 1. The molecular weight excluding hydrogens is 444 g/mol. The first-order chi connectivity index (χ1) is 14.9. The molecule has 3 aromatic rings. The summed E-state index contributed by atoms with van der Waals surface area (Å²) in [4.78, 5) is 30.8. The molecular formula is C21H17F2N3O3S2. The topological polar surface area (TPSA) is 80.3 Å². The average Bonchev–Trinajstić information content (AvgIpc) is 2.97. The number of hydrogen-bond acceptors (Lipinski definition) is 6. The molecule has 0 aliphatic carbocycles. The minimum atomic E-state index is -2.88. The zero-order valence-corrected chi connectivity index (χ0v) is 17.9. The second-order valence-electron chi connectivity index (χ2n) is 6.64. The number of aromatic nitrogens is 1. The minimum Gasteiger partial charge on any atom is -0.435 e. The number of hydrogen-bond donors (Lipinski definition) is 2. The molecule has 0 radical (unpaired) electrons. The van der Waals surface area contributed by atoms with E-state index in [9.17, 15) is 18.4 Å². The molecule has 1 aliphatic rings. The maximum Gasteiger partial charge on any atom is 0.387 e. The van der Waals surface area contributed by atoms with Crippen molar-refractivity contribution < 1.29 is 23.1 Å². The Labute approximate surface area is 185 Å². The predicted molar refractivity (Wildman–Crippen MR) is 117 cm³/mol. The van der Waals surface area contributed by atoms with Gasteiger partial charge in [-0.1, -0.05) is 0 Å². The largest absolute Gasteiger partial charge is 0.435 e. The van der Waals surface area contributed by atoms with E-state index in [2.05, 4.69) is 20.4 Å². The first-order valence-electron chi connectivity index (χ1n) is 9.30. The predicted octanol–water partition coefficient (Wildman–Crippen LogP) is 5.41. The van der Waals surface area contributed by atoms with Gasteiger partial charge in [0.2, 0.25) is 5.91 Å². The van der Waals surface area contributed by atoms with E-state index in [1.54, 1.807) is 36.0 Å². The fourth-order valence-corrected chi connectivity index (χ4v) is 4.81. The molecule has 0 bridgehead atoms. The van der Waals surface area contributed by atoms with Crippen LogP contribution in [-0.2, 0) is 4.79 Å². The molecule has 1 aliphatic heterocycles. The molecule has 2 amide bonds. The van der Waals surface area contributed by atoms with Gasteiger partial charge in [0.05, 0.1) is 11.4 Å². The average molecular weight is 462 g/mol. The standard InChI is InChI=1S/C21H17F2N3O3S2/c1-11-18(12-2-5-14(6-3-12)29-20(22)23)25-21(31-11)26-19(28)13-4-7-16-15(10-13)24-17(27)8-9-30-16/h2-7,10,20H,8-9H2,1H3,(H,24,27)(H,25,26,28). The van der Waals surface area contributed by atoms with Crippen LogP contribution >= 0.6 is 23.1 Å². The van der Waals surface area contributed by atoms with Crippen molar-refractivity contribution in [2.45, 2.75) is 24.9 Å². The van der Waals surface area contributed by atoms with Crippen LogP contribution in [0.4, 0.5) is 19.6 Å². The normalized spacial score (nSPS) is 13.4. The Balaban J connectivity index is 1.50. The quantitative estimate of drug-likeness (QED) is 0.531. The Kier molecular flexibility index (Phi) is 6.19. The van der Waals surface area contributed by atoms with Crippen molar-refractivity contribution in [1.82, 2.24) is 4.98 Å². The van der Waals surface area contributed by atoms with Gasteiger partial charge >= 0.3 is 6.61 Å². The fourth-order valence-electron chi connectivity index (χ4n) is 3.04. The SMILES string of the molecule is Cc1sc(NC(=O)c2ccc3c(c2)NC(=O)CCS3)nc1-c1ccc(OC(F)F)cc1. The van der Waals surface area contributed by atoms with Crippen molar-refractivity contribution in [3.63, 3.8) is 0 Å². The Morgan fingerprint density at radius 1 is 1.23 bits per heavy atom. The van der Waals surface area contributed by atoms with Gasteiger partial charge in [-0.05, 0) is 49.4 Å². The molecule has 4 rings (SSSR count). The number of nitrogens with zero attached hydrogens (tertiary/aromatic N) is 1. The van der Waals surface area contributed by atoms with Crippen molar-refractivity contribution in [1.29, 1.82) is 0 Å². The summed E-state index contributed by atoms with van der Waals surface area (Å²) in [5.74, 6) is 0.343. The van der Waals surface area contributed by atoms with Crippen molar-refractivity contribution in [3.05, 3.63) is 52.9 Å². The molecule has 31 heavy (non-hydrogen) atoms. The molecule has 1 aromatic heterocycles. The number of rotatable bonds is 5. The maximum atomic E-state index is 12.7. The number of fused-ring (bicyclic) bond motifs is 1. The van der Waals surface area contributed by atoms with Gasteiger partial charge in [-0.2, -0.15) is 8.78 Å². The second kappa shape index (κ2) is 9.03. The second-order valence-corrected chi connectivity index (χ2v) is 8.98. The van der Waals surface area contributed by atoms with E-state index in [4.69, 9.17) is 0 Å². The summed E-state index contributed by atoms with van der Waals surface area (Å²) in [6, 6.07) is 11.4. The maximum absolute atomic E-state index is 12.7. The lowest BCUT2D eigenvalue weighted by Gasteiger charge is -2.08. The molecule has 0 saturated heterocycles. The van der Waals surface area contributed by atoms with Crippen molar-refractivity contribution in [2.75, 3.05) is 16.4 Å². The van der Waals surface area contributed by atoms with Crippen molar-refractivity contribution in [2.24, 2.45) is 0 Å². The molecule has 0 saturated carbocycles. The van der Waals surface area contributed by atoms with Gasteiger partial charge in [0, 0.05) is 33.1 Å². The van der Waals surface area contributed by atoms with E-state index in [1.807, 2.05) is 13.0 Å². The number of thiazole rings is 1. The molecule has 160 valence electrons. The van der Waals surface area contributed by atoms with Gasteiger partial charge in [0.25, 0.3) is 5.91 Å². The Bertz CT molecular complexity index is 1130. The summed E-state index contributed by atoms with van der Waals surface area (Å²) in [7, 11) is 0. The number of benzene rings is 2. The molecule has 0 unspecified atom stereocenters. The molecule has 2 heterocycles. The highest BCUT2D eigenvalue weighted by Gasteiger charge is 2.18. The first kappa shape index (κ1) is 21.3. The Morgan fingerprint density at radius 2 is 2.00 bits per heavy atom. The number of amides is 2. The monoisotopic (exact) mass is 461 g/mol. The number of carbonyl (C=O) groups excluding carboxylic acids is 2. The molecule has 0 fully saturated rings. The number of thioether (sulfide) groups is 1. The number of nitrogens with one attached hydrogen (secondary N) is 2. The number of anilines is 2. The van der Waals surface area contributed by atoms with Crippen LogP contribution in [0.2, 0.25) is 0 Å². The van der Waals surface area contributed by atoms with Gasteiger partial charge in [-0.3, -0.25) is 14.9 Å². The summed E-state index contributed by atoms with van der Waals surface area (Å²) < 4.78 is 29.0. The molecule has 10 heteroatoms. The third-order valence-electron chi connectivity index (χ3n) is 4.47. The van der Waals surface area contributed by atoms with E-state index >= 15 is 0 Å². The van der Waals surface area contributed by atoms with Gasteiger partial charge in [-0.15, -0.1) is 23.1 Å². The summed E-state index contributed by atoms with van der Waals surface area (Å²) in [5.41, 5.74) is 2.40. The zero-order valence-electron chi connectivity index (χ0n) is 16.3. The van der Waals surface area contributed by atoms with Crippen LogP contribution in [0.15, 0.2) is 47.4 Å². The van der Waals surface area contributed by atoms with Crippen LogP contribution in [0, 0.1) is 6.92 Å². The smallest absolute Gasteiger partial charge is 0.387 e. The lowest BCUT2D eigenvalue weighted by molar-refractivity contribution is -0.115. The summed E-state index contributed by atoms with van der Waals surface area (Å²) in [6.07, 6.45) is 0.428. The van der Waals surface area contributed by atoms with E-state index in [-0.39, 0.29) is 17.6 Å². The van der Waals surface area contributed by atoms with E-state index in [1.165, 1.54) is 23.5 Å². The minimum absolute atomic E-state index is 0.0635. The van der Waals surface area contributed by atoms with Crippen LogP contribution < -0.4 is 15.4 Å². The van der Waals surface area contributed by atoms with Gasteiger partial charge in [0.15, 0.2) is 5.13 Å². The molecule has 2 N–H and O–H groups in total. The first-order valence-corrected chi connectivity index (χ1v) is 11.1. The van der Waals surface area contributed by atoms with E-state index in [0.717, 1.165) is 15.3 Å². The lowest BCUT2D eigenvalue weighted by atomic mass is 10.1. The molecule has 0 spiro atoms. The van der Waals surface area contributed by atoms with Crippen LogP contribution in [-0.4, -0.2) is 29.2 Å². The number of alkyl halides is 2. The summed E-state index contributed by atoms with van der Waals surface area (Å²) >= 11 is 2.88.